The molecule has 0 spiro atoms. The summed E-state index contributed by atoms with van der Waals surface area (Å²) in [5.41, 5.74) is 0. The monoisotopic (exact) mass is 350 g/mol. The number of hydrogen-bond donors (Lipinski definition) is 1. The van der Waals surface area contributed by atoms with E-state index in [4.69, 9.17) is 8.94 Å². The highest BCUT2D eigenvalue weighted by molar-refractivity contribution is 4.99. The van der Waals surface area contributed by atoms with Crippen molar-refractivity contribution in [2.45, 2.75) is 58.8 Å². The van der Waals surface area contributed by atoms with Gasteiger partial charge in [-0.15, -0.1) is 10.2 Å². The van der Waals surface area contributed by atoms with E-state index in [1.807, 2.05) is 13.8 Å². The minimum atomic E-state index is -0.458. The Balaban J connectivity index is 1.66. The number of hydrogen-bond acceptors (Lipinski definition) is 9. The molecule has 2 aromatic heterocycles. The molecule has 25 heavy (non-hydrogen) atoms. The number of aromatic nitrogens is 4. The lowest BCUT2D eigenvalue weighted by Gasteiger charge is -2.28. The Morgan fingerprint density at radius 3 is 2.72 bits per heavy atom. The number of likely N-dealkylation sites (N-methyl/N-ethyl adjacent to an activating group) is 1. The molecule has 0 saturated carbocycles. The highest BCUT2D eigenvalue weighted by Crippen LogP contribution is 2.27. The largest absolute Gasteiger partial charge is 0.424 e. The van der Waals surface area contributed by atoms with Gasteiger partial charge in [0.1, 0.15) is 0 Å². The number of aliphatic hydroxyl groups excluding tert-OH is 1. The summed E-state index contributed by atoms with van der Waals surface area (Å²) in [5.74, 6) is 2.43. The fourth-order valence-corrected chi connectivity index (χ4v) is 3.25. The maximum absolute atomic E-state index is 10.6. The smallest absolute Gasteiger partial charge is 0.243 e. The van der Waals surface area contributed by atoms with Crippen LogP contribution < -0.4 is 0 Å². The average molecular weight is 350 g/mol. The van der Waals surface area contributed by atoms with Crippen LogP contribution in [0.3, 0.4) is 0 Å². The van der Waals surface area contributed by atoms with E-state index in [0.29, 0.717) is 43.1 Å². The number of β-amino-alcohol motifs (C(OH)–C–C–N with tert-alkyl or cyclic N) is 1. The molecule has 1 aliphatic rings. The van der Waals surface area contributed by atoms with E-state index >= 15 is 0 Å². The number of aliphatic hydroxyl groups is 1. The van der Waals surface area contributed by atoms with E-state index in [-0.39, 0.29) is 12.1 Å². The zero-order chi connectivity index (χ0) is 18.0. The first-order valence-electron chi connectivity index (χ1n) is 8.79. The fourth-order valence-electron chi connectivity index (χ4n) is 3.25. The van der Waals surface area contributed by atoms with E-state index in [9.17, 15) is 5.11 Å². The van der Waals surface area contributed by atoms with Crippen LogP contribution >= 0.6 is 0 Å². The Kier molecular flexibility index (Phi) is 5.45. The maximum Gasteiger partial charge on any atom is 0.243 e. The van der Waals surface area contributed by atoms with Gasteiger partial charge in [0.2, 0.25) is 17.7 Å². The van der Waals surface area contributed by atoms with Crippen molar-refractivity contribution in [1.82, 2.24) is 30.1 Å². The average Bonchev–Trinajstić information content (AvgIpc) is 3.32. The summed E-state index contributed by atoms with van der Waals surface area (Å²) < 4.78 is 10.8. The molecular weight excluding hydrogens is 324 g/mol. The van der Waals surface area contributed by atoms with E-state index in [1.54, 1.807) is 6.92 Å². The van der Waals surface area contributed by atoms with Crippen LogP contribution in [0.25, 0.3) is 0 Å². The number of aryl methyl sites for hydroxylation is 2. The Hall–Kier alpha value is -1.84. The summed E-state index contributed by atoms with van der Waals surface area (Å²) in [4.78, 5) is 8.74. The molecule has 3 heterocycles. The molecule has 3 atom stereocenters. The van der Waals surface area contributed by atoms with Crippen molar-refractivity contribution in [3.05, 3.63) is 23.5 Å². The third kappa shape index (κ3) is 3.88. The van der Waals surface area contributed by atoms with Gasteiger partial charge in [0.05, 0.1) is 24.7 Å². The molecule has 0 bridgehead atoms. The molecule has 0 aromatic carbocycles. The Bertz CT molecular complexity index is 687. The SMILES string of the molecule is CCc1noc([C@@H](C)N2C[C@@H](O)[C@@H](N(CC)Cc3nnc(C)o3)C2)n1. The maximum atomic E-state index is 10.6. The molecule has 1 fully saturated rings. The van der Waals surface area contributed by atoms with Crippen LogP contribution in [-0.2, 0) is 13.0 Å². The summed E-state index contributed by atoms with van der Waals surface area (Å²) >= 11 is 0. The van der Waals surface area contributed by atoms with Crippen LogP contribution in [0.2, 0.25) is 0 Å². The van der Waals surface area contributed by atoms with Gasteiger partial charge in [0.25, 0.3) is 0 Å². The quantitative estimate of drug-likeness (QED) is 0.781. The van der Waals surface area contributed by atoms with Crippen molar-refractivity contribution in [3.63, 3.8) is 0 Å². The van der Waals surface area contributed by atoms with Gasteiger partial charge < -0.3 is 14.0 Å². The fraction of sp³-hybridized carbons (Fsp3) is 0.750. The second kappa shape index (κ2) is 7.59. The minimum absolute atomic E-state index is 0.00627. The predicted octanol–water partition coefficient (Wildman–Crippen LogP) is 0.952. The van der Waals surface area contributed by atoms with Gasteiger partial charge in [-0.3, -0.25) is 9.80 Å². The first-order chi connectivity index (χ1) is 12.0. The normalized spacial score (nSPS) is 22.8. The second-order valence-electron chi connectivity index (χ2n) is 6.44. The van der Waals surface area contributed by atoms with Gasteiger partial charge in [-0.25, -0.2) is 0 Å². The summed E-state index contributed by atoms with van der Waals surface area (Å²) in [6.45, 7) is 10.5. The summed E-state index contributed by atoms with van der Waals surface area (Å²) in [7, 11) is 0. The van der Waals surface area contributed by atoms with E-state index in [2.05, 4.69) is 37.1 Å². The van der Waals surface area contributed by atoms with Crippen LogP contribution in [0, 0.1) is 6.92 Å². The van der Waals surface area contributed by atoms with Gasteiger partial charge in [0.15, 0.2) is 5.82 Å². The lowest BCUT2D eigenvalue weighted by molar-refractivity contribution is 0.0759. The molecule has 9 nitrogen and oxygen atoms in total. The first-order valence-corrected chi connectivity index (χ1v) is 8.79. The standard InChI is InChI=1S/C16H26N6O3/c1-5-14-17-16(25-20-14)10(3)22-7-12(13(23)8-22)21(6-2)9-15-19-18-11(4)24-15/h10,12-13,23H,5-9H2,1-4H3/t10-,12+,13-/m1/s1. The molecule has 0 radical (unpaired) electrons. The van der Waals surface area contributed by atoms with Crippen LogP contribution in [-0.4, -0.2) is 67.0 Å². The van der Waals surface area contributed by atoms with E-state index < -0.39 is 6.10 Å². The molecule has 138 valence electrons. The van der Waals surface area contributed by atoms with Crippen molar-refractivity contribution in [1.29, 1.82) is 0 Å². The van der Waals surface area contributed by atoms with Crippen molar-refractivity contribution in [2.24, 2.45) is 0 Å². The molecule has 0 aliphatic carbocycles. The number of likely N-dealkylation sites (tertiary alicyclic amines) is 1. The van der Waals surface area contributed by atoms with Crippen LogP contribution in [0.5, 0.6) is 0 Å². The zero-order valence-electron chi connectivity index (χ0n) is 15.2. The third-order valence-corrected chi connectivity index (χ3v) is 4.77. The molecule has 1 aliphatic heterocycles. The first kappa shape index (κ1) is 18.0. The van der Waals surface area contributed by atoms with Crippen LogP contribution in [0.1, 0.15) is 50.3 Å². The number of rotatable bonds is 7. The van der Waals surface area contributed by atoms with Crippen molar-refractivity contribution >= 4 is 0 Å². The molecule has 0 unspecified atom stereocenters. The van der Waals surface area contributed by atoms with Gasteiger partial charge in [0, 0.05) is 26.4 Å². The molecule has 3 rings (SSSR count). The molecule has 0 amide bonds. The van der Waals surface area contributed by atoms with Crippen molar-refractivity contribution < 1.29 is 14.0 Å². The van der Waals surface area contributed by atoms with Crippen molar-refractivity contribution in [3.8, 4) is 0 Å². The molecular formula is C16H26N6O3. The van der Waals surface area contributed by atoms with Gasteiger partial charge in [-0.05, 0) is 13.5 Å². The lowest BCUT2D eigenvalue weighted by atomic mass is 10.2. The van der Waals surface area contributed by atoms with Gasteiger partial charge in [-0.2, -0.15) is 4.98 Å². The molecule has 9 heteroatoms. The van der Waals surface area contributed by atoms with Gasteiger partial charge >= 0.3 is 0 Å². The Morgan fingerprint density at radius 2 is 2.12 bits per heavy atom. The summed E-state index contributed by atoms with van der Waals surface area (Å²) in [6, 6.07) is -0.0370. The zero-order valence-corrected chi connectivity index (χ0v) is 15.2. The van der Waals surface area contributed by atoms with Gasteiger partial charge in [-0.1, -0.05) is 19.0 Å². The highest BCUT2D eigenvalue weighted by atomic mass is 16.5. The second-order valence-corrected chi connectivity index (χ2v) is 6.44. The lowest BCUT2D eigenvalue weighted by Crippen LogP contribution is -2.42. The summed E-state index contributed by atoms with van der Waals surface area (Å²) in [6.07, 6.45) is 0.286. The van der Waals surface area contributed by atoms with Crippen LogP contribution in [0.15, 0.2) is 8.94 Å². The third-order valence-electron chi connectivity index (χ3n) is 4.77. The van der Waals surface area contributed by atoms with Crippen LogP contribution in [0.4, 0.5) is 0 Å². The summed E-state index contributed by atoms with van der Waals surface area (Å²) in [5, 5.41) is 22.5. The molecule has 1 N–H and O–H groups in total. The number of nitrogens with zero attached hydrogens (tertiary/aromatic N) is 6. The Labute approximate surface area is 147 Å². The molecule has 2 aromatic rings. The molecule has 1 saturated heterocycles. The van der Waals surface area contributed by atoms with E-state index in [1.165, 1.54) is 0 Å². The van der Waals surface area contributed by atoms with E-state index in [0.717, 1.165) is 13.0 Å². The Morgan fingerprint density at radius 1 is 1.32 bits per heavy atom. The minimum Gasteiger partial charge on any atom is -0.424 e. The van der Waals surface area contributed by atoms with Crippen molar-refractivity contribution in [2.75, 3.05) is 19.6 Å². The topological polar surface area (TPSA) is 105 Å². The predicted molar refractivity (Wildman–Crippen MR) is 88.6 cm³/mol. The highest BCUT2D eigenvalue weighted by Gasteiger charge is 2.39.